The van der Waals surface area contributed by atoms with Crippen LogP contribution in [0.15, 0.2) is 0 Å². The van der Waals surface area contributed by atoms with E-state index in [1.807, 2.05) is 20.9 Å². The van der Waals surface area contributed by atoms with E-state index in [0.717, 1.165) is 0 Å². The van der Waals surface area contributed by atoms with Crippen molar-refractivity contribution in [3.63, 3.8) is 0 Å². The molecule has 1 N–H and O–H groups in total. The van der Waals surface area contributed by atoms with E-state index in [2.05, 4.69) is 5.32 Å². The number of ether oxygens (including phenoxy) is 1. The molecule has 3 heteroatoms. The van der Waals surface area contributed by atoms with Gasteiger partial charge in [0, 0.05) is 0 Å². The zero-order valence-corrected chi connectivity index (χ0v) is 10.1. The van der Waals surface area contributed by atoms with Gasteiger partial charge in [0.2, 0.25) is 0 Å². The maximum absolute atomic E-state index is 11.9. The maximum Gasteiger partial charge on any atom is 0.175 e. The van der Waals surface area contributed by atoms with E-state index in [9.17, 15) is 4.79 Å². The minimum Gasteiger partial charge on any atom is -0.371 e. The highest BCUT2D eigenvalue weighted by Crippen LogP contribution is 2.28. The summed E-state index contributed by atoms with van der Waals surface area (Å²) < 4.78 is 5.36. The van der Waals surface area contributed by atoms with Gasteiger partial charge in [-0.15, -0.1) is 0 Å². The van der Waals surface area contributed by atoms with Gasteiger partial charge < -0.3 is 10.1 Å². The Hall–Kier alpha value is -0.410. The van der Waals surface area contributed by atoms with E-state index in [1.165, 1.54) is 25.7 Å². The van der Waals surface area contributed by atoms with Crippen LogP contribution in [-0.2, 0) is 9.53 Å². The van der Waals surface area contributed by atoms with Crippen molar-refractivity contribution in [2.45, 2.75) is 51.7 Å². The second-order valence-electron chi connectivity index (χ2n) is 4.64. The molecule has 1 saturated carbocycles. The number of hydrogen-bond acceptors (Lipinski definition) is 3. The zero-order valence-electron chi connectivity index (χ0n) is 10.1. The number of carbonyl (C=O) groups excluding carboxylic acids is 1. The summed E-state index contributed by atoms with van der Waals surface area (Å²) in [7, 11) is 1.87. The lowest BCUT2D eigenvalue weighted by atomic mass is 9.95. The Labute approximate surface area is 92.6 Å². The molecule has 0 unspecified atom stereocenters. The highest BCUT2D eigenvalue weighted by Gasteiger charge is 2.29. The lowest BCUT2D eigenvalue weighted by Crippen LogP contribution is -2.42. The number of rotatable bonds is 6. The van der Waals surface area contributed by atoms with E-state index in [0.29, 0.717) is 5.92 Å². The summed E-state index contributed by atoms with van der Waals surface area (Å²) in [5.41, 5.74) is 0. The van der Waals surface area contributed by atoms with E-state index < -0.39 is 0 Å². The molecular weight excluding hydrogens is 190 g/mol. The van der Waals surface area contributed by atoms with Crippen LogP contribution in [0.5, 0.6) is 0 Å². The molecule has 1 aliphatic carbocycles. The van der Waals surface area contributed by atoms with Crippen LogP contribution in [0.25, 0.3) is 0 Å². The first-order chi connectivity index (χ1) is 7.15. The Morgan fingerprint density at radius 2 is 2.00 bits per heavy atom. The van der Waals surface area contributed by atoms with Gasteiger partial charge in [-0.3, -0.25) is 4.79 Å². The van der Waals surface area contributed by atoms with Crippen molar-refractivity contribution in [1.29, 1.82) is 0 Å². The van der Waals surface area contributed by atoms with Crippen molar-refractivity contribution < 1.29 is 9.53 Å². The number of ketones is 1. The van der Waals surface area contributed by atoms with Gasteiger partial charge in [0.25, 0.3) is 0 Å². The molecule has 88 valence electrons. The standard InChI is InChI=1S/C12H23NO2/c1-9(2)15-8-11(14)12(13-3)10-6-4-5-7-10/h9-10,12-13H,4-8H2,1-3H3/t12-/m0/s1. The molecule has 3 nitrogen and oxygen atoms in total. The summed E-state index contributed by atoms with van der Waals surface area (Å²) in [4.78, 5) is 11.9. The van der Waals surface area contributed by atoms with Crippen molar-refractivity contribution >= 4 is 5.78 Å². The second kappa shape index (κ2) is 6.23. The van der Waals surface area contributed by atoms with Gasteiger partial charge in [-0.1, -0.05) is 12.8 Å². The molecular formula is C12H23NO2. The van der Waals surface area contributed by atoms with Crippen LogP contribution in [0.2, 0.25) is 0 Å². The number of hydrogen-bond donors (Lipinski definition) is 1. The van der Waals surface area contributed by atoms with Gasteiger partial charge in [0.05, 0.1) is 12.1 Å². The van der Waals surface area contributed by atoms with Crippen LogP contribution in [0.1, 0.15) is 39.5 Å². The molecule has 0 aromatic carbocycles. The van der Waals surface area contributed by atoms with Gasteiger partial charge in [0.15, 0.2) is 5.78 Å². The topological polar surface area (TPSA) is 38.3 Å². The predicted octanol–water partition coefficient (Wildman–Crippen LogP) is 1.76. The van der Waals surface area contributed by atoms with Gasteiger partial charge in [0.1, 0.15) is 6.61 Å². The number of likely N-dealkylation sites (N-methyl/N-ethyl adjacent to an activating group) is 1. The fourth-order valence-corrected chi connectivity index (χ4v) is 2.29. The minimum absolute atomic E-state index is 0.00579. The number of Topliss-reactive ketones (excluding diaryl/α,β-unsaturated/α-hetero) is 1. The smallest absolute Gasteiger partial charge is 0.175 e. The van der Waals surface area contributed by atoms with Crippen molar-refractivity contribution in [3.05, 3.63) is 0 Å². The molecule has 0 bridgehead atoms. The number of nitrogens with one attached hydrogen (secondary N) is 1. The molecule has 1 atom stereocenters. The van der Waals surface area contributed by atoms with E-state index in [1.54, 1.807) is 0 Å². The monoisotopic (exact) mass is 213 g/mol. The quantitative estimate of drug-likeness (QED) is 0.730. The van der Waals surface area contributed by atoms with Crippen LogP contribution >= 0.6 is 0 Å². The average Bonchev–Trinajstić information content (AvgIpc) is 2.69. The van der Waals surface area contributed by atoms with Gasteiger partial charge >= 0.3 is 0 Å². The first-order valence-corrected chi connectivity index (χ1v) is 5.96. The second-order valence-corrected chi connectivity index (χ2v) is 4.64. The first kappa shape index (κ1) is 12.7. The molecule has 1 aliphatic rings. The molecule has 0 saturated heterocycles. The third-order valence-electron chi connectivity index (χ3n) is 3.09. The molecule has 0 heterocycles. The van der Waals surface area contributed by atoms with Crippen LogP contribution in [0.3, 0.4) is 0 Å². The molecule has 0 radical (unpaired) electrons. The third-order valence-corrected chi connectivity index (χ3v) is 3.09. The Morgan fingerprint density at radius 1 is 1.40 bits per heavy atom. The highest BCUT2D eigenvalue weighted by molar-refractivity contribution is 5.85. The lowest BCUT2D eigenvalue weighted by molar-refractivity contribution is -0.128. The Balaban J connectivity index is 2.39. The van der Waals surface area contributed by atoms with E-state index in [-0.39, 0.29) is 24.5 Å². The molecule has 0 amide bonds. The van der Waals surface area contributed by atoms with Gasteiger partial charge in [-0.2, -0.15) is 0 Å². The van der Waals surface area contributed by atoms with Gasteiger partial charge in [-0.25, -0.2) is 0 Å². The fraction of sp³-hybridized carbons (Fsp3) is 0.917. The summed E-state index contributed by atoms with van der Waals surface area (Å²) >= 11 is 0. The largest absolute Gasteiger partial charge is 0.371 e. The van der Waals surface area contributed by atoms with Crippen molar-refractivity contribution in [3.8, 4) is 0 Å². The molecule has 1 rings (SSSR count). The maximum atomic E-state index is 11.9. The van der Waals surface area contributed by atoms with Gasteiger partial charge in [-0.05, 0) is 39.7 Å². The Kier molecular flexibility index (Phi) is 5.26. The predicted molar refractivity (Wildman–Crippen MR) is 60.9 cm³/mol. The molecule has 0 aromatic heterocycles. The Bertz CT molecular complexity index is 198. The third kappa shape index (κ3) is 3.92. The van der Waals surface area contributed by atoms with Crippen molar-refractivity contribution in [1.82, 2.24) is 5.32 Å². The summed E-state index contributed by atoms with van der Waals surface area (Å²) in [6, 6.07) is 0.00579. The van der Waals surface area contributed by atoms with Crippen LogP contribution in [0, 0.1) is 5.92 Å². The summed E-state index contributed by atoms with van der Waals surface area (Å²) in [6.07, 6.45) is 5.02. The first-order valence-electron chi connectivity index (χ1n) is 5.96. The lowest BCUT2D eigenvalue weighted by Gasteiger charge is -2.21. The van der Waals surface area contributed by atoms with E-state index >= 15 is 0 Å². The van der Waals surface area contributed by atoms with Crippen molar-refractivity contribution in [2.75, 3.05) is 13.7 Å². The SMILES string of the molecule is CN[C@H](C(=O)COC(C)C)C1CCCC1. The molecule has 0 aliphatic heterocycles. The average molecular weight is 213 g/mol. The molecule has 15 heavy (non-hydrogen) atoms. The van der Waals surface area contributed by atoms with Crippen molar-refractivity contribution in [2.24, 2.45) is 5.92 Å². The normalized spacial score (nSPS) is 19.7. The van der Waals surface area contributed by atoms with E-state index in [4.69, 9.17) is 4.74 Å². The van der Waals surface area contributed by atoms with Crippen LogP contribution < -0.4 is 5.32 Å². The Morgan fingerprint density at radius 3 is 2.47 bits per heavy atom. The number of carbonyl (C=O) groups is 1. The minimum atomic E-state index is 0.00579. The zero-order chi connectivity index (χ0) is 11.3. The van der Waals surface area contributed by atoms with Crippen LogP contribution in [0.4, 0.5) is 0 Å². The summed E-state index contributed by atoms with van der Waals surface area (Å²) in [5.74, 6) is 0.733. The molecule has 1 fully saturated rings. The van der Waals surface area contributed by atoms with Crippen LogP contribution in [-0.4, -0.2) is 31.6 Å². The molecule has 0 aromatic rings. The highest BCUT2D eigenvalue weighted by atomic mass is 16.5. The summed E-state index contributed by atoms with van der Waals surface area (Å²) in [5, 5.41) is 3.14. The summed E-state index contributed by atoms with van der Waals surface area (Å²) in [6.45, 7) is 4.16. The fourth-order valence-electron chi connectivity index (χ4n) is 2.29. The molecule has 0 spiro atoms.